The third-order valence-corrected chi connectivity index (χ3v) is 6.78. The van der Waals surface area contributed by atoms with Crippen molar-refractivity contribution in [3.8, 4) is 17.0 Å². The lowest BCUT2D eigenvalue weighted by atomic mass is 10.1. The lowest BCUT2D eigenvalue weighted by Gasteiger charge is -2.31. The Morgan fingerprint density at radius 3 is 2.54 bits per heavy atom. The summed E-state index contributed by atoms with van der Waals surface area (Å²) in [7, 11) is 0. The summed E-state index contributed by atoms with van der Waals surface area (Å²) >= 11 is 12.2. The second-order valence-electron chi connectivity index (χ2n) is 8.83. The first-order valence-electron chi connectivity index (χ1n) is 11.5. The zero-order chi connectivity index (χ0) is 25.4. The molecule has 10 heteroatoms. The van der Waals surface area contributed by atoms with Gasteiger partial charge in [-0.1, -0.05) is 30.6 Å². The topological polar surface area (TPSA) is 117 Å². The van der Waals surface area contributed by atoms with Crippen molar-refractivity contribution in [2.24, 2.45) is 5.73 Å². The number of hydrogen-bond donors (Lipinski definition) is 3. The average Bonchev–Trinajstić information content (AvgIpc) is 2.87. The Kier molecular flexibility index (Phi) is 7.82. The monoisotopic (exact) mass is 538 g/mol. The first kappa shape index (κ1) is 26.6. The number of nitrogens with zero attached hydrogens (tertiary/aromatic N) is 4. The quantitative estimate of drug-likeness (QED) is 0.256. The molecule has 0 amide bonds. The number of phenolic OH excluding ortho intramolecular Hbond substituents is 1. The third-order valence-electron chi connectivity index (χ3n) is 6.20. The molecule has 4 heterocycles. The highest BCUT2D eigenvalue weighted by molar-refractivity contribution is 6.37. The highest BCUT2D eigenvalue weighted by Gasteiger charge is 2.19. The van der Waals surface area contributed by atoms with E-state index in [-0.39, 0.29) is 35.0 Å². The van der Waals surface area contributed by atoms with Crippen molar-refractivity contribution in [1.82, 2.24) is 15.0 Å². The Hall–Kier alpha value is -3.46. The van der Waals surface area contributed by atoms with E-state index >= 15 is 0 Å². The van der Waals surface area contributed by atoms with Crippen LogP contribution in [-0.4, -0.2) is 45.0 Å². The van der Waals surface area contributed by atoms with Gasteiger partial charge in [0.25, 0.3) is 0 Å². The third kappa shape index (κ3) is 5.46. The van der Waals surface area contributed by atoms with Crippen LogP contribution in [0.5, 0.6) is 5.75 Å². The van der Waals surface area contributed by atoms with E-state index in [4.69, 9.17) is 33.9 Å². The number of ketones is 1. The van der Waals surface area contributed by atoms with Crippen molar-refractivity contribution in [3.05, 3.63) is 64.4 Å². The number of hydrogen-bond acceptors (Lipinski definition) is 8. The summed E-state index contributed by atoms with van der Waals surface area (Å²) < 4.78 is 0. The van der Waals surface area contributed by atoms with Gasteiger partial charge in [0, 0.05) is 30.9 Å². The van der Waals surface area contributed by atoms with Crippen LogP contribution in [0.3, 0.4) is 0 Å². The number of carbonyl (C=O) groups excluding carboxylic acids is 1. The minimum absolute atomic E-state index is 0. The Balaban J connectivity index is 0.00000320. The van der Waals surface area contributed by atoms with Gasteiger partial charge in [0.15, 0.2) is 11.5 Å². The highest BCUT2D eigenvalue weighted by Crippen LogP contribution is 2.37. The molecule has 1 unspecified atom stereocenters. The summed E-state index contributed by atoms with van der Waals surface area (Å²) in [6, 6.07) is 10.8. The van der Waals surface area contributed by atoms with E-state index in [2.05, 4.69) is 20.2 Å². The van der Waals surface area contributed by atoms with Gasteiger partial charge in [-0.2, -0.15) is 0 Å². The zero-order valence-corrected chi connectivity index (χ0v) is 21.0. The summed E-state index contributed by atoms with van der Waals surface area (Å²) in [6.45, 7) is 3.19. The fourth-order valence-corrected chi connectivity index (χ4v) is 4.83. The molecule has 8 nitrogen and oxygen atoms in total. The van der Waals surface area contributed by atoms with Gasteiger partial charge >= 0.3 is 0 Å². The van der Waals surface area contributed by atoms with Crippen LogP contribution in [0.1, 0.15) is 37.6 Å². The van der Waals surface area contributed by atoms with E-state index in [9.17, 15) is 9.90 Å². The number of phenols is 1. The van der Waals surface area contributed by atoms with Gasteiger partial charge in [-0.25, -0.2) is 9.97 Å². The molecule has 1 aliphatic heterocycles. The highest BCUT2D eigenvalue weighted by atomic mass is 35.5. The molecule has 4 aromatic rings. The molecule has 1 saturated heterocycles. The Labute approximate surface area is 225 Å². The normalized spacial score (nSPS) is 15.4. The summed E-state index contributed by atoms with van der Waals surface area (Å²) in [6.07, 6.45) is 5.34. The lowest BCUT2D eigenvalue weighted by molar-refractivity contribution is 0.101. The number of piperidine rings is 1. The number of nitrogens with one attached hydrogen (secondary N) is 1. The number of anilines is 3. The Morgan fingerprint density at radius 1 is 1.14 bits per heavy atom. The summed E-state index contributed by atoms with van der Waals surface area (Å²) in [5.41, 5.74) is 10.0. The van der Waals surface area contributed by atoms with Crippen molar-refractivity contribution in [1.29, 1.82) is 0 Å². The number of benzene rings is 1. The van der Waals surface area contributed by atoms with Crippen molar-refractivity contribution < 1.29 is 9.90 Å². The predicted molar refractivity (Wildman–Crippen MR) is 150 cm³/mol. The van der Waals surface area contributed by atoms with Crippen LogP contribution in [0.4, 0.5) is 17.2 Å². The summed E-state index contributed by atoms with van der Waals surface area (Å²) in [4.78, 5) is 28.5. The van der Waals surface area contributed by atoms with Crippen LogP contribution in [0.25, 0.3) is 22.3 Å². The maximum atomic E-state index is 12.5. The van der Waals surface area contributed by atoms with Gasteiger partial charge < -0.3 is 21.1 Å². The molecule has 1 aliphatic rings. The molecule has 1 aromatic carbocycles. The lowest BCUT2D eigenvalue weighted by Crippen LogP contribution is -2.43. The molecule has 37 heavy (non-hydrogen) atoms. The molecule has 0 aliphatic carbocycles. The van der Waals surface area contributed by atoms with Crippen molar-refractivity contribution >= 4 is 57.2 Å². The number of halogens is 2. The van der Waals surface area contributed by atoms with E-state index in [0.717, 1.165) is 31.7 Å². The van der Waals surface area contributed by atoms with Crippen LogP contribution in [0.2, 0.25) is 10.0 Å². The number of carbonyl (C=O) groups is 1. The van der Waals surface area contributed by atoms with E-state index in [1.807, 2.05) is 18.2 Å². The fraction of sp³-hybridized carbons (Fsp3) is 0.259. The van der Waals surface area contributed by atoms with Crippen LogP contribution in [-0.2, 0) is 0 Å². The van der Waals surface area contributed by atoms with Crippen LogP contribution >= 0.6 is 23.2 Å². The number of aromatic nitrogens is 3. The molecule has 5 rings (SSSR count). The van der Waals surface area contributed by atoms with Gasteiger partial charge in [0.1, 0.15) is 11.3 Å². The van der Waals surface area contributed by atoms with Gasteiger partial charge in [0.05, 0.1) is 44.4 Å². The second kappa shape index (κ2) is 10.9. The molecule has 0 spiro atoms. The molecule has 1 atom stereocenters. The average molecular weight is 539 g/mol. The first-order chi connectivity index (χ1) is 17.3. The largest absolute Gasteiger partial charge is 0.505 e. The maximum absolute atomic E-state index is 12.5. The minimum atomic E-state index is -0.187. The molecule has 4 N–H and O–H groups in total. The second-order valence-corrected chi connectivity index (χ2v) is 9.65. The molecule has 0 saturated carbocycles. The van der Waals surface area contributed by atoms with Crippen LogP contribution in [0.15, 0.2) is 48.8 Å². The van der Waals surface area contributed by atoms with E-state index in [1.54, 1.807) is 30.6 Å². The van der Waals surface area contributed by atoms with Crippen molar-refractivity contribution in [3.63, 3.8) is 0 Å². The standard InChI is InChI=1S/C26H24Cl2N6O2.CH4/c1-14(35)18-12-30-22-6-5-21(15-9-19(27)26(36)20(28)10-15)33-25(22)24(18)32-17-4-7-23(31-11-17)34-8-2-3-16(29)13-34;/h4-7,9-12,16,36H,2-3,8,13,29H2,1H3,(H,30,32);1H4. The van der Waals surface area contributed by atoms with Gasteiger partial charge in [-0.15, -0.1) is 0 Å². The molecule has 0 radical (unpaired) electrons. The van der Waals surface area contributed by atoms with Crippen LogP contribution < -0.4 is 16.0 Å². The van der Waals surface area contributed by atoms with Gasteiger partial charge in [0.2, 0.25) is 0 Å². The number of fused-ring (bicyclic) bond motifs is 1. The molecule has 0 bridgehead atoms. The van der Waals surface area contributed by atoms with Crippen molar-refractivity contribution in [2.45, 2.75) is 33.2 Å². The molecular weight excluding hydrogens is 511 g/mol. The maximum Gasteiger partial charge on any atom is 0.163 e. The number of nitrogens with two attached hydrogens (primary N) is 1. The Bertz CT molecular complexity index is 1440. The van der Waals surface area contributed by atoms with E-state index in [1.165, 1.54) is 6.92 Å². The Morgan fingerprint density at radius 2 is 1.89 bits per heavy atom. The van der Waals surface area contributed by atoms with E-state index < -0.39 is 0 Å². The van der Waals surface area contributed by atoms with Crippen LogP contribution in [0, 0.1) is 0 Å². The number of pyridine rings is 3. The summed E-state index contributed by atoms with van der Waals surface area (Å²) in [5, 5.41) is 13.5. The number of aromatic hydroxyl groups is 1. The first-order valence-corrected chi connectivity index (χ1v) is 12.3. The van der Waals surface area contributed by atoms with Crippen molar-refractivity contribution in [2.75, 3.05) is 23.3 Å². The minimum Gasteiger partial charge on any atom is -0.505 e. The molecule has 3 aromatic heterocycles. The number of rotatable bonds is 5. The predicted octanol–water partition coefficient (Wildman–Crippen LogP) is 6.21. The number of Topliss-reactive ketones (excluding diaryl/α,β-unsaturated/α-hetero) is 1. The smallest absolute Gasteiger partial charge is 0.163 e. The molecular formula is C27H28Cl2N6O2. The zero-order valence-electron chi connectivity index (χ0n) is 19.5. The fourth-order valence-electron chi connectivity index (χ4n) is 4.34. The molecule has 1 fully saturated rings. The van der Waals surface area contributed by atoms with Gasteiger partial charge in [-0.3, -0.25) is 9.78 Å². The van der Waals surface area contributed by atoms with E-state index in [0.29, 0.717) is 39.2 Å². The summed E-state index contributed by atoms with van der Waals surface area (Å²) in [5.74, 6) is 0.526. The molecule has 192 valence electrons. The van der Waals surface area contributed by atoms with Gasteiger partial charge in [-0.05, 0) is 56.2 Å². The SMILES string of the molecule is C.CC(=O)c1cnc2ccc(-c3cc(Cl)c(O)c(Cl)c3)nc2c1Nc1ccc(N2CCCC(N)C2)nc1.